The van der Waals surface area contributed by atoms with Gasteiger partial charge in [0.25, 0.3) is 0 Å². The lowest BCUT2D eigenvalue weighted by atomic mass is 9.95. The largest absolute Gasteiger partial charge is 0.487 e. The van der Waals surface area contributed by atoms with E-state index in [1.165, 1.54) is 12.1 Å². The molecule has 264 valence electrons. The fourth-order valence-corrected chi connectivity index (χ4v) is 8.66. The molecule has 8 rings (SSSR count). The molecule has 0 spiro atoms. The van der Waals surface area contributed by atoms with Gasteiger partial charge in [0, 0.05) is 48.9 Å². The molecule has 1 saturated carbocycles. The van der Waals surface area contributed by atoms with E-state index in [1.54, 1.807) is 17.0 Å². The van der Waals surface area contributed by atoms with Crippen LogP contribution in [0.2, 0.25) is 10.0 Å². The summed E-state index contributed by atoms with van der Waals surface area (Å²) >= 11 is 13.8. The molecule has 0 radical (unpaired) electrons. The zero-order chi connectivity index (χ0) is 35.4. The third-order valence-corrected chi connectivity index (χ3v) is 11.3. The Balaban J connectivity index is 1.31. The van der Waals surface area contributed by atoms with Crippen LogP contribution >= 0.6 is 23.2 Å². The summed E-state index contributed by atoms with van der Waals surface area (Å²) < 4.78 is 42.7. The van der Waals surface area contributed by atoms with Crippen molar-refractivity contribution >= 4 is 56.6 Å². The molecule has 3 saturated heterocycles. The summed E-state index contributed by atoms with van der Waals surface area (Å²) in [5, 5.41) is 11.8. The average Bonchev–Trinajstić information content (AvgIpc) is 3.78. The van der Waals surface area contributed by atoms with Crippen LogP contribution in [0.15, 0.2) is 49.1 Å². The van der Waals surface area contributed by atoms with Crippen LogP contribution in [0.4, 0.5) is 14.6 Å². The zero-order valence-corrected chi connectivity index (χ0v) is 29.4. The highest BCUT2D eigenvalue weighted by atomic mass is 35.5. The van der Waals surface area contributed by atoms with Crippen molar-refractivity contribution in [1.29, 1.82) is 5.26 Å². The van der Waals surface area contributed by atoms with E-state index < -0.39 is 23.6 Å². The first-order valence-electron chi connectivity index (χ1n) is 17.3. The summed E-state index contributed by atoms with van der Waals surface area (Å²) in [6.45, 7) is 6.12. The van der Waals surface area contributed by atoms with E-state index in [0.717, 1.165) is 37.6 Å². The van der Waals surface area contributed by atoms with Gasteiger partial charge in [0.05, 0.1) is 40.2 Å². The predicted octanol–water partition coefficient (Wildman–Crippen LogP) is 7.51. The molecular weight excluding hydrogens is 697 g/mol. The van der Waals surface area contributed by atoms with Gasteiger partial charge in [-0.1, -0.05) is 54.0 Å². The van der Waals surface area contributed by atoms with E-state index in [-0.39, 0.29) is 36.1 Å². The van der Waals surface area contributed by atoms with Crippen LogP contribution < -0.4 is 14.4 Å². The molecular formula is C38H36Cl2F2N6O3. The Morgan fingerprint density at radius 2 is 2.00 bits per heavy atom. The second kappa shape index (κ2) is 13.4. The van der Waals surface area contributed by atoms with Crippen molar-refractivity contribution < 1.29 is 23.0 Å². The van der Waals surface area contributed by atoms with Crippen molar-refractivity contribution in [2.45, 2.75) is 62.4 Å². The Labute approximate surface area is 304 Å². The predicted molar refractivity (Wildman–Crippen MR) is 193 cm³/mol. The van der Waals surface area contributed by atoms with Gasteiger partial charge in [-0.15, -0.1) is 0 Å². The van der Waals surface area contributed by atoms with E-state index in [4.69, 9.17) is 42.6 Å². The van der Waals surface area contributed by atoms with Gasteiger partial charge in [-0.25, -0.2) is 8.78 Å². The summed E-state index contributed by atoms with van der Waals surface area (Å²) in [5.41, 5.74) is 1.12. The topological polar surface area (TPSA) is 94.8 Å². The Morgan fingerprint density at radius 3 is 2.78 bits per heavy atom. The molecule has 3 atom stereocenters. The molecule has 3 aliphatic heterocycles. The Kier molecular flexibility index (Phi) is 8.89. The highest BCUT2D eigenvalue weighted by Crippen LogP contribution is 2.49. The maximum Gasteiger partial charge on any atom is 0.319 e. The van der Waals surface area contributed by atoms with E-state index in [1.807, 2.05) is 23.1 Å². The van der Waals surface area contributed by atoms with E-state index in [0.29, 0.717) is 76.6 Å². The fourth-order valence-electron chi connectivity index (χ4n) is 8.09. The molecule has 9 nitrogen and oxygen atoms in total. The van der Waals surface area contributed by atoms with Crippen LogP contribution in [0.3, 0.4) is 0 Å². The normalized spacial score (nSPS) is 23.4. The van der Waals surface area contributed by atoms with Crippen LogP contribution in [0.25, 0.3) is 32.8 Å². The number of alkyl halides is 1. The number of rotatable bonds is 9. The van der Waals surface area contributed by atoms with E-state index >= 15 is 0 Å². The van der Waals surface area contributed by atoms with Crippen LogP contribution in [-0.2, 0) is 4.79 Å². The summed E-state index contributed by atoms with van der Waals surface area (Å²) in [6, 6.07) is 12.2. The van der Waals surface area contributed by atoms with Gasteiger partial charge < -0.3 is 19.3 Å². The number of benzene rings is 3. The first kappa shape index (κ1) is 33.9. The molecule has 4 aromatic rings. The maximum atomic E-state index is 14.9. The average molecular weight is 734 g/mol. The Bertz CT molecular complexity index is 2110. The molecule has 51 heavy (non-hydrogen) atoms. The standard InChI is InChI=1S/C38H36Cl2F2N6O3/c1-2-30(49)48-16-15-46(20-24(48)11-13-43)36-27-17-28(39)32(26-6-3-5-22-7-10-29(42)33(40)31(22)26)35(51-25-8-9-25)34(27)44-37(45-36)50-21-38-12-4-14-47(38)19-23(41)18-38/h2-3,5-7,10,17,23-25H,1,4,8-9,11-12,14-16,18-21H2/t23-,24+,38+/m1/s1. The number of carbonyl (C=O) groups is 1. The van der Waals surface area contributed by atoms with Crippen molar-refractivity contribution in [3.05, 3.63) is 64.9 Å². The zero-order valence-electron chi connectivity index (χ0n) is 27.9. The molecule has 0 bridgehead atoms. The Morgan fingerprint density at radius 1 is 1.16 bits per heavy atom. The molecule has 3 aromatic carbocycles. The molecule has 0 N–H and O–H groups in total. The number of hydrogen-bond donors (Lipinski definition) is 0. The number of piperazine rings is 1. The molecule has 13 heteroatoms. The van der Waals surface area contributed by atoms with Crippen molar-refractivity contribution in [1.82, 2.24) is 19.8 Å². The summed E-state index contributed by atoms with van der Waals surface area (Å²) in [5.74, 6) is 0.117. The number of nitrogens with zero attached hydrogens (tertiary/aromatic N) is 6. The van der Waals surface area contributed by atoms with Crippen molar-refractivity contribution in [2.24, 2.45) is 0 Å². The van der Waals surface area contributed by atoms with Crippen molar-refractivity contribution in [3.63, 3.8) is 0 Å². The van der Waals surface area contributed by atoms with Gasteiger partial charge in [-0.05, 0) is 61.4 Å². The van der Waals surface area contributed by atoms with Gasteiger partial charge in [0.2, 0.25) is 5.91 Å². The number of anilines is 1. The second-order valence-corrected chi connectivity index (χ2v) is 14.7. The van der Waals surface area contributed by atoms with E-state index in [9.17, 15) is 18.8 Å². The van der Waals surface area contributed by atoms with Gasteiger partial charge >= 0.3 is 6.01 Å². The highest BCUT2D eigenvalue weighted by Gasteiger charge is 2.49. The van der Waals surface area contributed by atoms with Crippen LogP contribution in [0.1, 0.15) is 38.5 Å². The van der Waals surface area contributed by atoms with E-state index in [2.05, 4.69) is 17.5 Å². The number of halogens is 4. The number of carbonyl (C=O) groups excluding carboxylic acids is 1. The lowest BCUT2D eigenvalue weighted by Crippen LogP contribution is -2.55. The smallest absolute Gasteiger partial charge is 0.319 e. The molecule has 4 aliphatic rings. The van der Waals surface area contributed by atoms with Crippen LogP contribution in [0, 0.1) is 17.1 Å². The lowest BCUT2D eigenvalue weighted by molar-refractivity contribution is -0.128. The molecule has 1 aliphatic carbocycles. The van der Waals surface area contributed by atoms with Gasteiger partial charge in [-0.3, -0.25) is 9.69 Å². The van der Waals surface area contributed by atoms with Crippen LogP contribution in [-0.4, -0.2) is 88.9 Å². The molecule has 4 heterocycles. The fraction of sp³-hybridized carbons (Fsp3) is 0.421. The van der Waals surface area contributed by atoms with Gasteiger partial charge in [0.1, 0.15) is 29.9 Å². The maximum absolute atomic E-state index is 14.9. The first-order chi connectivity index (χ1) is 24.7. The summed E-state index contributed by atoms with van der Waals surface area (Å²) in [4.78, 5) is 28.5. The summed E-state index contributed by atoms with van der Waals surface area (Å²) in [6.07, 6.45) is 4.23. The molecule has 1 aromatic heterocycles. The van der Waals surface area contributed by atoms with Crippen molar-refractivity contribution in [3.8, 4) is 29.0 Å². The quantitative estimate of drug-likeness (QED) is 0.163. The van der Waals surface area contributed by atoms with Crippen molar-refractivity contribution in [2.75, 3.05) is 44.2 Å². The third-order valence-electron chi connectivity index (χ3n) is 10.7. The first-order valence-corrected chi connectivity index (χ1v) is 18.1. The lowest BCUT2D eigenvalue weighted by Gasteiger charge is -2.41. The molecule has 4 fully saturated rings. The molecule has 0 unspecified atom stereocenters. The minimum atomic E-state index is -0.922. The third kappa shape index (κ3) is 6.11. The number of nitriles is 1. The SMILES string of the molecule is C=CC(=O)N1CCN(c2nc(OC[C@@]34CCCN3C[C@H](F)C4)nc3c(OC4CC4)c(-c4cccc5ccc(F)c(Cl)c45)c(Cl)cc23)C[C@@H]1CC#N. The molecule has 1 amide bonds. The minimum Gasteiger partial charge on any atom is -0.487 e. The number of aromatic nitrogens is 2. The summed E-state index contributed by atoms with van der Waals surface area (Å²) in [7, 11) is 0. The van der Waals surface area contributed by atoms with Gasteiger partial charge in [0.15, 0.2) is 5.75 Å². The number of hydrogen-bond acceptors (Lipinski definition) is 8. The van der Waals surface area contributed by atoms with Gasteiger partial charge in [-0.2, -0.15) is 15.2 Å². The monoisotopic (exact) mass is 732 g/mol. The minimum absolute atomic E-state index is 0.0254. The second-order valence-electron chi connectivity index (χ2n) is 13.9. The highest BCUT2D eigenvalue weighted by molar-refractivity contribution is 6.39. The van der Waals surface area contributed by atoms with Crippen LogP contribution in [0.5, 0.6) is 11.8 Å². The number of fused-ring (bicyclic) bond motifs is 3. The Hall–Kier alpha value is -4.24. The number of amides is 1. The number of ether oxygens (including phenoxy) is 2.